The molecule has 5 aromatic rings. The number of anilines is 1. The molecule has 0 aliphatic heterocycles. The van der Waals surface area contributed by atoms with Crippen molar-refractivity contribution < 1.29 is 32.2 Å². The summed E-state index contributed by atoms with van der Waals surface area (Å²) in [5.41, 5.74) is -0.435. The van der Waals surface area contributed by atoms with Gasteiger partial charge in [0.2, 0.25) is 0 Å². The number of fused-ring (bicyclic) bond motifs is 2. The molecule has 0 aliphatic rings. The van der Waals surface area contributed by atoms with Crippen LogP contribution in [0.5, 0.6) is 5.75 Å². The molecule has 0 bridgehead atoms. The highest BCUT2D eigenvalue weighted by Gasteiger charge is 2.31. The van der Waals surface area contributed by atoms with E-state index < -0.39 is 29.5 Å². The van der Waals surface area contributed by atoms with Gasteiger partial charge < -0.3 is 14.8 Å². The molecule has 0 fully saturated rings. The molecule has 2 heterocycles. The number of hydrogen-bond acceptors (Lipinski definition) is 7. The third-order valence-electron chi connectivity index (χ3n) is 5.70. The summed E-state index contributed by atoms with van der Waals surface area (Å²) in [6.45, 7) is 1.65. The van der Waals surface area contributed by atoms with Gasteiger partial charge in [0, 0.05) is 16.3 Å². The molecule has 2 aromatic heterocycles. The number of benzene rings is 3. The summed E-state index contributed by atoms with van der Waals surface area (Å²) in [7, 11) is 0. The van der Waals surface area contributed by atoms with Crippen molar-refractivity contribution in [1.82, 2.24) is 9.78 Å². The van der Waals surface area contributed by atoms with Crippen LogP contribution in [0.4, 0.5) is 18.2 Å². The standard InChI is InChI=1S/C27H18F3N3O5S/c1-2-37-26(36)22-20-14-39-24(31-23(34)19-9-5-7-15-6-3-4-8-18(15)19)21(20)25(35)33(32-22)16-10-12-17(13-11-16)38-27(28,29)30/h3-14H,2H2,1H3,(H,31,34). The Morgan fingerprint density at radius 1 is 1.00 bits per heavy atom. The number of nitrogens with zero attached hydrogens (tertiary/aromatic N) is 2. The first kappa shape index (κ1) is 25.9. The van der Waals surface area contributed by atoms with E-state index >= 15 is 0 Å². The molecule has 0 saturated heterocycles. The molecule has 0 unspecified atom stereocenters. The number of carbonyl (C=O) groups excluding carboxylic acids is 2. The third kappa shape index (κ3) is 5.18. The zero-order chi connectivity index (χ0) is 27.7. The van der Waals surface area contributed by atoms with E-state index in [0.717, 1.165) is 33.5 Å². The lowest BCUT2D eigenvalue weighted by Crippen LogP contribution is -2.25. The van der Waals surface area contributed by atoms with E-state index in [2.05, 4.69) is 15.2 Å². The van der Waals surface area contributed by atoms with Crippen LogP contribution in [0.25, 0.3) is 27.2 Å². The Bertz CT molecular complexity index is 1770. The van der Waals surface area contributed by atoms with Crippen LogP contribution < -0.4 is 15.6 Å². The summed E-state index contributed by atoms with van der Waals surface area (Å²) in [6, 6.07) is 17.0. The lowest BCUT2D eigenvalue weighted by molar-refractivity contribution is -0.274. The van der Waals surface area contributed by atoms with Crippen LogP contribution in [-0.4, -0.2) is 34.6 Å². The number of alkyl halides is 3. The van der Waals surface area contributed by atoms with E-state index in [-0.39, 0.29) is 33.8 Å². The Morgan fingerprint density at radius 3 is 2.44 bits per heavy atom. The number of halogens is 3. The van der Waals surface area contributed by atoms with Crippen LogP contribution in [0.2, 0.25) is 0 Å². The van der Waals surface area contributed by atoms with Gasteiger partial charge in [0.05, 0.1) is 17.7 Å². The highest BCUT2D eigenvalue weighted by Crippen LogP contribution is 2.32. The molecule has 3 aromatic carbocycles. The minimum atomic E-state index is -4.89. The number of aromatic nitrogens is 2. The summed E-state index contributed by atoms with van der Waals surface area (Å²) < 4.78 is 47.5. The Kier molecular flexibility index (Phi) is 6.79. The molecule has 0 radical (unpaired) electrons. The number of nitrogens with one attached hydrogen (secondary N) is 1. The predicted molar refractivity (Wildman–Crippen MR) is 140 cm³/mol. The highest BCUT2D eigenvalue weighted by atomic mass is 32.1. The highest BCUT2D eigenvalue weighted by molar-refractivity contribution is 7.16. The molecular formula is C27H18F3N3O5S. The maximum atomic E-state index is 13.6. The number of thiophene rings is 1. The van der Waals surface area contributed by atoms with Gasteiger partial charge in [-0.15, -0.1) is 24.5 Å². The number of ether oxygens (including phenoxy) is 2. The first-order chi connectivity index (χ1) is 18.7. The van der Waals surface area contributed by atoms with Crippen LogP contribution >= 0.6 is 11.3 Å². The second kappa shape index (κ2) is 10.2. The van der Waals surface area contributed by atoms with Crippen LogP contribution in [0, 0.1) is 0 Å². The molecule has 5 rings (SSSR count). The fraction of sp³-hybridized carbons (Fsp3) is 0.111. The van der Waals surface area contributed by atoms with Crippen molar-refractivity contribution in [1.29, 1.82) is 0 Å². The summed E-state index contributed by atoms with van der Waals surface area (Å²) >= 11 is 1.03. The number of carbonyl (C=O) groups is 2. The SMILES string of the molecule is CCOC(=O)c1nn(-c2ccc(OC(F)(F)F)cc2)c(=O)c2c(NC(=O)c3cccc4ccccc34)scc12. The molecule has 0 spiro atoms. The number of rotatable bonds is 6. The first-order valence-electron chi connectivity index (χ1n) is 11.5. The zero-order valence-corrected chi connectivity index (χ0v) is 20.9. The average molecular weight is 554 g/mol. The maximum absolute atomic E-state index is 13.6. The molecule has 8 nitrogen and oxygen atoms in total. The Morgan fingerprint density at radius 2 is 1.72 bits per heavy atom. The quantitative estimate of drug-likeness (QED) is 0.262. The summed E-state index contributed by atoms with van der Waals surface area (Å²) in [4.78, 5) is 39.6. The van der Waals surface area contributed by atoms with Crippen molar-refractivity contribution in [3.63, 3.8) is 0 Å². The summed E-state index contributed by atoms with van der Waals surface area (Å²) in [5, 5.41) is 10.3. The van der Waals surface area contributed by atoms with Crippen molar-refractivity contribution in [2.45, 2.75) is 13.3 Å². The van der Waals surface area contributed by atoms with Crippen molar-refractivity contribution in [2.24, 2.45) is 0 Å². The van der Waals surface area contributed by atoms with E-state index in [4.69, 9.17) is 4.74 Å². The molecular weight excluding hydrogens is 535 g/mol. The Hall–Kier alpha value is -4.71. The predicted octanol–water partition coefficient (Wildman–Crippen LogP) is 5.93. The fourth-order valence-electron chi connectivity index (χ4n) is 4.05. The van der Waals surface area contributed by atoms with E-state index in [1.165, 1.54) is 17.5 Å². The average Bonchev–Trinajstić information content (AvgIpc) is 3.32. The normalized spacial score (nSPS) is 11.5. The lowest BCUT2D eigenvalue weighted by atomic mass is 10.0. The first-order valence-corrected chi connectivity index (χ1v) is 12.4. The Balaban J connectivity index is 1.61. The molecule has 198 valence electrons. The largest absolute Gasteiger partial charge is 0.573 e. The topological polar surface area (TPSA) is 99.5 Å². The Labute approximate surface area is 222 Å². The third-order valence-corrected chi connectivity index (χ3v) is 6.59. The van der Waals surface area contributed by atoms with Gasteiger partial charge in [-0.1, -0.05) is 36.4 Å². The van der Waals surface area contributed by atoms with E-state index in [1.54, 1.807) is 31.2 Å². The van der Waals surface area contributed by atoms with Crippen LogP contribution in [-0.2, 0) is 4.74 Å². The molecule has 0 atom stereocenters. The zero-order valence-electron chi connectivity index (χ0n) is 20.1. The van der Waals surface area contributed by atoms with Crippen molar-refractivity contribution in [3.05, 3.63) is 93.7 Å². The van der Waals surface area contributed by atoms with Crippen LogP contribution in [0.3, 0.4) is 0 Å². The van der Waals surface area contributed by atoms with Crippen molar-refractivity contribution in [3.8, 4) is 11.4 Å². The van der Waals surface area contributed by atoms with Crippen molar-refractivity contribution >= 4 is 49.8 Å². The molecule has 12 heteroatoms. The fourth-order valence-corrected chi connectivity index (χ4v) is 4.98. The molecule has 39 heavy (non-hydrogen) atoms. The van der Waals surface area contributed by atoms with Gasteiger partial charge in [-0.2, -0.15) is 9.78 Å². The van der Waals surface area contributed by atoms with Gasteiger partial charge in [-0.3, -0.25) is 9.59 Å². The molecule has 1 amide bonds. The minimum absolute atomic E-state index is 0.00209. The molecule has 0 aliphatic carbocycles. The molecule has 1 N–H and O–H groups in total. The van der Waals surface area contributed by atoms with E-state index in [0.29, 0.717) is 10.9 Å². The minimum Gasteiger partial charge on any atom is -0.461 e. The second-order valence-electron chi connectivity index (χ2n) is 8.16. The van der Waals surface area contributed by atoms with Crippen molar-refractivity contribution in [2.75, 3.05) is 11.9 Å². The number of esters is 1. The van der Waals surface area contributed by atoms with Gasteiger partial charge in [-0.05, 0) is 48.0 Å². The van der Waals surface area contributed by atoms with Crippen LogP contribution in [0.15, 0.2) is 76.9 Å². The number of hydrogen-bond donors (Lipinski definition) is 1. The molecule has 0 saturated carbocycles. The summed E-state index contributed by atoms with van der Waals surface area (Å²) in [6.07, 6.45) is -4.89. The van der Waals surface area contributed by atoms with Gasteiger partial charge >= 0.3 is 12.3 Å². The number of amides is 1. The second-order valence-corrected chi connectivity index (χ2v) is 9.04. The van der Waals surface area contributed by atoms with Crippen LogP contribution in [0.1, 0.15) is 27.8 Å². The van der Waals surface area contributed by atoms with Gasteiger partial charge in [-0.25, -0.2) is 4.79 Å². The van der Waals surface area contributed by atoms with Gasteiger partial charge in [0.15, 0.2) is 5.69 Å². The maximum Gasteiger partial charge on any atom is 0.573 e. The lowest BCUT2D eigenvalue weighted by Gasteiger charge is -2.12. The summed E-state index contributed by atoms with van der Waals surface area (Å²) in [5.74, 6) is -1.77. The monoisotopic (exact) mass is 553 g/mol. The van der Waals surface area contributed by atoms with E-state index in [9.17, 15) is 27.6 Å². The smallest absolute Gasteiger partial charge is 0.461 e. The van der Waals surface area contributed by atoms with Gasteiger partial charge in [0.1, 0.15) is 10.8 Å². The van der Waals surface area contributed by atoms with Gasteiger partial charge in [0.25, 0.3) is 11.5 Å². The van der Waals surface area contributed by atoms with E-state index in [1.807, 2.05) is 18.2 Å².